The quantitative estimate of drug-likeness (QED) is 0.576. The highest BCUT2D eigenvalue weighted by Gasteiger charge is 1.94. The normalized spacial score (nSPS) is 10.7. The second kappa shape index (κ2) is 6.69. The topological polar surface area (TPSA) is 4.93 Å². The average Bonchev–Trinajstić information content (AvgIpc) is 2.65. The van der Waals surface area contributed by atoms with Crippen molar-refractivity contribution in [2.75, 3.05) is 0 Å². The van der Waals surface area contributed by atoms with Crippen molar-refractivity contribution in [2.45, 2.75) is 58.9 Å². The van der Waals surface area contributed by atoms with Gasteiger partial charge in [0.1, 0.15) is 0 Å². The van der Waals surface area contributed by atoms with Gasteiger partial charge in [-0.2, -0.15) is 0 Å². The van der Waals surface area contributed by atoms with Crippen molar-refractivity contribution in [1.29, 1.82) is 0 Å². The molecule has 0 aliphatic rings. The molecule has 0 saturated carbocycles. The first-order valence-electron chi connectivity index (χ1n) is 6.01. The van der Waals surface area contributed by atoms with Crippen molar-refractivity contribution >= 4 is 0 Å². The molecule has 0 spiro atoms. The van der Waals surface area contributed by atoms with E-state index in [4.69, 9.17) is 0 Å². The molecule has 0 aliphatic carbocycles. The van der Waals surface area contributed by atoms with Gasteiger partial charge in [-0.3, -0.25) is 0 Å². The first-order chi connectivity index (χ1) is 6.86. The molecule has 0 unspecified atom stereocenters. The van der Waals surface area contributed by atoms with E-state index in [-0.39, 0.29) is 0 Å². The molecular formula is C13H23N. The van der Waals surface area contributed by atoms with Crippen LogP contribution in [0, 0.1) is 0 Å². The maximum absolute atomic E-state index is 2.32. The van der Waals surface area contributed by atoms with E-state index in [9.17, 15) is 0 Å². The van der Waals surface area contributed by atoms with Crippen LogP contribution in [0.5, 0.6) is 0 Å². The van der Waals surface area contributed by atoms with Crippen molar-refractivity contribution in [1.82, 2.24) is 4.57 Å². The van der Waals surface area contributed by atoms with E-state index in [1.807, 2.05) is 0 Å². The van der Waals surface area contributed by atoms with Gasteiger partial charge < -0.3 is 4.57 Å². The monoisotopic (exact) mass is 193 g/mol. The molecular weight excluding hydrogens is 170 g/mol. The lowest BCUT2D eigenvalue weighted by atomic mass is 10.1. The zero-order valence-corrected chi connectivity index (χ0v) is 9.63. The van der Waals surface area contributed by atoms with Gasteiger partial charge in [0, 0.05) is 18.9 Å². The first kappa shape index (κ1) is 11.4. The molecule has 0 fully saturated rings. The summed E-state index contributed by atoms with van der Waals surface area (Å²) in [6, 6.07) is 2.23. The highest BCUT2D eigenvalue weighted by molar-refractivity contribution is 5.09. The Morgan fingerprint density at radius 1 is 1.07 bits per heavy atom. The highest BCUT2D eigenvalue weighted by atomic mass is 14.9. The van der Waals surface area contributed by atoms with E-state index in [1.54, 1.807) is 0 Å². The smallest absolute Gasteiger partial charge is 0.0219 e. The third-order valence-corrected chi connectivity index (χ3v) is 2.74. The van der Waals surface area contributed by atoms with Gasteiger partial charge in [0.15, 0.2) is 0 Å². The van der Waals surface area contributed by atoms with Gasteiger partial charge in [-0.25, -0.2) is 0 Å². The predicted octanol–water partition coefficient (Wildman–Crippen LogP) is 4.02. The van der Waals surface area contributed by atoms with Crippen LogP contribution in [0.3, 0.4) is 0 Å². The maximum Gasteiger partial charge on any atom is 0.0219 e. The summed E-state index contributed by atoms with van der Waals surface area (Å²) in [4.78, 5) is 0. The minimum atomic E-state index is 1.16. The Bertz CT molecular complexity index is 237. The number of aryl methyl sites for hydroxylation is 2. The minimum Gasteiger partial charge on any atom is -0.354 e. The van der Waals surface area contributed by atoms with Gasteiger partial charge in [0.25, 0.3) is 0 Å². The van der Waals surface area contributed by atoms with Gasteiger partial charge in [0.05, 0.1) is 0 Å². The Kier molecular flexibility index (Phi) is 5.43. The van der Waals surface area contributed by atoms with Gasteiger partial charge >= 0.3 is 0 Å². The van der Waals surface area contributed by atoms with Gasteiger partial charge in [0.2, 0.25) is 0 Å². The van der Waals surface area contributed by atoms with E-state index in [2.05, 4.69) is 36.9 Å². The Balaban J connectivity index is 2.12. The number of hydrogen-bond acceptors (Lipinski definition) is 0. The van der Waals surface area contributed by atoms with Gasteiger partial charge in [-0.05, 0) is 24.5 Å². The van der Waals surface area contributed by atoms with E-state index >= 15 is 0 Å². The molecule has 0 bridgehead atoms. The molecule has 1 aromatic rings. The summed E-state index contributed by atoms with van der Waals surface area (Å²) < 4.78 is 2.32. The Morgan fingerprint density at radius 2 is 1.86 bits per heavy atom. The summed E-state index contributed by atoms with van der Waals surface area (Å²) in [5.74, 6) is 0. The molecule has 14 heavy (non-hydrogen) atoms. The summed E-state index contributed by atoms with van der Waals surface area (Å²) in [6.07, 6.45) is 12.5. The van der Waals surface area contributed by atoms with E-state index in [0.717, 1.165) is 6.42 Å². The van der Waals surface area contributed by atoms with Crippen molar-refractivity contribution in [3.63, 3.8) is 0 Å². The maximum atomic E-state index is 2.32. The molecule has 0 atom stereocenters. The standard InChI is InChI=1S/C13H23N/c1-3-5-6-7-8-10-14-11-9-13(4-2)12-14/h9,11-12H,3-8,10H2,1-2H3. The molecule has 1 rings (SSSR count). The van der Waals surface area contributed by atoms with Crippen molar-refractivity contribution in [2.24, 2.45) is 0 Å². The Morgan fingerprint density at radius 3 is 2.50 bits per heavy atom. The number of aromatic nitrogens is 1. The molecule has 0 radical (unpaired) electrons. The molecule has 1 aromatic heterocycles. The van der Waals surface area contributed by atoms with Crippen molar-refractivity contribution < 1.29 is 0 Å². The van der Waals surface area contributed by atoms with E-state index in [1.165, 1.54) is 44.2 Å². The average molecular weight is 193 g/mol. The third kappa shape index (κ3) is 3.99. The predicted molar refractivity (Wildman–Crippen MR) is 62.6 cm³/mol. The van der Waals surface area contributed by atoms with Crippen LogP contribution in [0.4, 0.5) is 0 Å². The molecule has 0 N–H and O–H groups in total. The van der Waals surface area contributed by atoms with Crippen LogP contribution in [-0.4, -0.2) is 4.57 Å². The second-order valence-electron chi connectivity index (χ2n) is 4.03. The van der Waals surface area contributed by atoms with Gasteiger partial charge in [-0.15, -0.1) is 0 Å². The van der Waals surface area contributed by atoms with Crippen LogP contribution >= 0.6 is 0 Å². The lowest BCUT2D eigenvalue weighted by molar-refractivity contribution is 0.569. The molecule has 0 saturated heterocycles. The Hall–Kier alpha value is -0.720. The molecule has 0 aliphatic heterocycles. The highest BCUT2D eigenvalue weighted by Crippen LogP contribution is 2.06. The van der Waals surface area contributed by atoms with Gasteiger partial charge in [-0.1, -0.05) is 39.5 Å². The molecule has 1 heteroatoms. The SMILES string of the molecule is CCCCCCCn1ccc(CC)c1. The Labute approximate surface area is 88.1 Å². The van der Waals surface area contributed by atoms with Crippen LogP contribution in [0.25, 0.3) is 0 Å². The molecule has 0 aromatic carbocycles. The molecule has 1 heterocycles. The molecule has 0 amide bonds. The summed E-state index contributed by atoms with van der Waals surface area (Å²) >= 11 is 0. The number of unbranched alkanes of at least 4 members (excludes halogenated alkanes) is 4. The first-order valence-corrected chi connectivity index (χ1v) is 6.01. The molecule has 1 nitrogen and oxygen atoms in total. The van der Waals surface area contributed by atoms with Crippen LogP contribution in [0.1, 0.15) is 51.5 Å². The minimum absolute atomic E-state index is 1.16. The fourth-order valence-electron chi connectivity index (χ4n) is 1.74. The summed E-state index contributed by atoms with van der Waals surface area (Å²) in [7, 11) is 0. The molecule has 80 valence electrons. The summed E-state index contributed by atoms with van der Waals surface area (Å²) in [5.41, 5.74) is 1.46. The van der Waals surface area contributed by atoms with E-state index < -0.39 is 0 Å². The zero-order valence-electron chi connectivity index (χ0n) is 9.63. The second-order valence-corrected chi connectivity index (χ2v) is 4.03. The van der Waals surface area contributed by atoms with E-state index in [0.29, 0.717) is 0 Å². The lowest BCUT2D eigenvalue weighted by Gasteiger charge is -2.02. The third-order valence-electron chi connectivity index (χ3n) is 2.74. The largest absolute Gasteiger partial charge is 0.354 e. The number of rotatable bonds is 7. The van der Waals surface area contributed by atoms with Crippen LogP contribution in [-0.2, 0) is 13.0 Å². The fourth-order valence-corrected chi connectivity index (χ4v) is 1.74. The number of hydrogen-bond donors (Lipinski definition) is 0. The van der Waals surface area contributed by atoms with Crippen LogP contribution in [0.15, 0.2) is 18.5 Å². The summed E-state index contributed by atoms with van der Waals surface area (Å²) in [5, 5.41) is 0. The van der Waals surface area contributed by atoms with Crippen molar-refractivity contribution in [3.8, 4) is 0 Å². The van der Waals surface area contributed by atoms with Crippen molar-refractivity contribution in [3.05, 3.63) is 24.0 Å². The zero-order chi connectivity index (χ0) is 10.2. The fraction of sp³-hybridized carbons (Fsp3) is 0.692. The number of nitrogens with zero attached hydrogens (tertiary/aromatic N) is 1. The summed E-state index contributed by atoms with van der Waals surface area (Å²) in [6.45, 7) is 5.67. The lowest BCUT2D eigenvalue weighted by Crippen LogP contribution is -1.94. The van der Waals surface area contributed by atoms with Crippen LogP contribution in [0.2, 0.25) is 0 Å². The van der Waals surface area contributed by atoms with Crippen LogP contribution < -0.4 is 0 Å².